The maximum atomic E-state index is 12.2. The predicted octanol–water partition coefficient (Wildman–Crippen LogP) is 3.99. The minimum atomic E-state index is -0.221. The normalized spacial score (nSPS) is 9.90. The van der Waals surface area contributed by atoms with Crippen molar-refractivity contribution in [1.29, 1.82) is 5.26 Å². The Bertz CT molecular complexity index is 670. The molecule has 106 valence electrons. The third kappa shape index (κ3) is 4.48. The molecule has 1 aromatic heterocycles. The van der Waals surface area contributed by atoms with Crippen LogP contribution in [-0.4, -0.2) is 16.6 Å². The molecule has 0 radical (unpaired) electrons. The number of hydrogen-bond donors (Lipinski definition) is 1. The summed E-state index contributed by atoms with van der Waals surface area (Å²) in [6.45, 7) is 0. The van der Waals surface area contributed by atoms with E-state index in [9.17, 15) is 4.79 Å². The number of carbonyl (C=O) groups is 1. The fourth-order valence-corrected chi connectivity index (χ4v) is 2.65. The first-order chi connectivity index (χ1) is 10.2. The first kappa shape index (κ1) is 15.4. The number of nitrogens with zero attached hydrogens (tertiary/aromatic N) is 2. The van der Waals surface area contributed by atoms with E-state index in [1.54, 1.807) is 36.7 Å². The molecule has 0 fully saturated rings. The fraction of sp³-hybridized carbons (Fsp3) is 0.133. The van der Waals surface area contributed by atoms with Gasteiger partial charge in [0, 0.05) is 40.0 Å². The van der Waals surface area contributed by atoms with E-state index in [-0.39, 0.29) is 5.91 Å². The van der Waals surface area contributed by atoms with Crippen molar-refractivity contribution in [3.8, 4) is 6.07 Å². The van der Waals surface area contributed by atoms with Crippen molar-refractivity contribution in [1.82, 2.24) is 4.98 Å². The van der Waals surface area contributed by atoms with E-state index in [2.05, 4.69) is 16.4 Å². The van der Waals surface area contributed by atoms with Crippen LogP contribution in [0, 0.1) is 11.3 Å². The summed E-state index contributed by atoms with van der Waals surface area (Å²) in [5.41, 5.74) is 1.17. The Balaban J connectivity index is 2.16. The lowest BCUT2D eigenvalue weighted by Gasteiger charge is -2.11. The van der Waals surface area contributed by atoms with Gasteiger partial charge in [0.15, 0.2) is 0 Å². The number of pyridine rings is 1. The Morgan fingerprint density at radius 2 is 2.10 bits per heavy atom. The lowest BCUT2D eigenvalue weighted by molar-refractivity contribution is 0.102. The van der Waals surface area contributed by atoms with Crippen molar-refractivity contribution in [2.45, 2.75) is 11.3 Å². The van der Waals surface area contributed by atoms with Gasteiger partial charge >= 0.3 is 0 Å². The summed E-state index contributed by atoms with van der Waals surface area (Å²) in [5.74, 6) is 0.442. The number of benzene rings is 1. The Kier molecular flexibility index (Phi) is 5.61. The van der Waals surface area contributed by atoms with E-state index in [0.717, 1.165) is 4.90 Å². The number of carbonyl (C=O) groups excluding carboxylic acids is 1. The van der Waals surface area contributed by atoms with Crippen LogP contribution in [0.25, 0.3) is 0 Å². The van der Waals surface area contributed by atoms with Gasteiger partial charge in [-0.25, -0.2) is 0 Å². The minimum absolute atomic E-state index is 0.221. The summed E-state index contributed by atoms with van der Waals surface area (Å²) in [6.07, 6.45) is 3.58. The standard InChI is InChI=1S/C15H12ClN3OS/c16-12-2-3-14(21-9-1-6-17)13(10-12)19-15(20)11-4-7-18-8-5-11/h2-5,7-8,10H,1,9H2,(H,19,20). The number of amides is 1. The number of nitriles is 1. The lowest BCUT2D eigenvalue weighted by atomic mass is 10.2. The van der Waals surface area contributed by atoms with Crippen LogP contribution in [0.3, 0.4) is 0 Å². The number of halogens is 1. The smallest absolute Gasteiger partial charge is 0.255 e. The van der Waals surface area contributed by atoms with Crippen molar-refractivity contribution in [3.63, 3.8) is 0 Å². The lowest BCUT2D eigenvalue weighted by Crippen LogP contribution is -2.12. The highest BCUT2D eigenvalue weighted by molar-refractivity contribution is 7.99. The molecule has 4 nitrogen and oxygen atoms in total. The van der Waals surface area contributed by atoms with Gasteiger partial charge in [0.1, 0.15) is 0 Å². The number of rotatable bonds is 5. The highest BCUT2D eigenvalue weighted by Gasteiger charge is 2.10. The molecule has 0 aliphatic heterocycles. The molecule has 2 aromatic rings. The van der Waals surface area contributed by atoms with E-state index >= 15 is 0 Å². The molecule has 1 amide bonds. The van der Waals surface area contributed by atoms with Crippen LogP contribution in [0.5, 0.6) is 0 Å². The second-order valence-corrected chi connectivity index (χ2v) is 5.66. The second kappa shape index (κ2) is 7.67. The van der Waals surface area contributed by atoms with Crippen LogP contribution in [0.15, 0.2) is 47.6 Å². The molecule has 0 saturated carbocycles. The molecule has 2 rings (SSSR count). The summed E-state index contributed by atoms with van der Waals surface area (Å²) in [7, 11) is 0. The molecule has 0 aliphatic carbocycles. The van der Waals surface area contributed by atoms with Crippen LogP contribution in [-0.2, 0) is 0 Å². The molecule has 1 N–H and O–H groups in total. The van der Waals surface area contributed by atoms with E-state index in [1.807, 2.05) is 6.07 Å². The summed E-state index contributed by atoms with van der Waals surface area (Å²) >= 11 is 7.49. The highest BCUT2D eigenvalue weighted by atomic mass is 35.5. The van der Waals surface area contributed by atoms with Crippen molar-refractivity contribution in [3.05, 3.63) is 53.3 Å². The molecule has 0 unspecified atom stereocenters. The van der Waals surface area contributed by atoms with E-state index in [0.29, 0.717) is 28.4 Å². The van der Waals surface area contributed by atoms with E-state index in [1.165, 1.54) is 11.8 Å². The minimum Gasteiger partial charge on any atom is -0.321 e. The van der Waals surface area contributed by atoms with Gasteiger partial charge < -0.3 is 5.32 Å². The Morgan fingerprint density at radius 1 is 1.33 bits per heavy atom. The van der Waals surface area contributed by atoms with Gasteiger partial charge in [-0.05, 0) is 30.3 Å². The molecule has 0 spiro atoms. The largest absolute Gasteiger partial charge is 0.321 e. The zero-order valence-electron chi connectivity index (χ0n) is 11.0. The SMILES string of the molecule is N#CCCSc1ccc(Cl)cc1NC(=O)c1ccncc1. The molecule has 1 heterocycles. The van der Waals surface area contributed by atoms with Gasteiger partial charge in [-0.15, -0.1) is 11.8 Å². The van der Waals surface area contributed by atoms with Crippen LogP contribution < -0.4 is 5.32 Å². The summed E-state index contributed by atoms with van der Waals surface area (Å²) in [6, 6.07) is 10.7. The monoisotopic (exact) mass is 317 g/mol. The molecule has 0 saturated heterocycles. The summed E-state index contributed by atoms with van der Waals surface area (Å²) in [4.78, 5) is 16.9. The first-order valence-corrected chi connectivity index (χ1v) is 7.58. The molecule has 6 heteroatoms. The molecular weight excluding hydrogens is 306 g/mol. The molecule has 21 heavy (non-hydrogen) atoms. The van der Waals surface area contributed by atoms with Gasteiger partial charge in [-0.3, -0.25) is 9.78 Å². The first-order valence-electron chi connectivity index (χ1n) is 6.21. The van der Waals surface area contributed by atoms with Crippen molar-refractivity contribution >= 4 is 35.0 Å². The number of aromatic nitrogens is 1. The van der Waals surface area contributed by atoms with Crippen LogP contribution >= 0.6 is 23.4 Å². The molecule has 0 aliphatic rings. The third-order valence-electron chi connectivity index (χ3n) is 2.60. The van der Waals surface area contributed by atoms with Crippen molar-refractivity contribution < 1.29 is 4.79 Å². The number of anilines is 1. The zero-order chi connectivity index (χ0) is 15.1. The van der Waals surface area contributed by atoms with Gasteiger partial charge in [0.2, 0.25) is 0 Å². The maximum absolute atomic E-state index is 12.2. The quantitative estimate of drug-likeness (QED) is 0.669. The van der Waals surface area contributed by atoms with E-state index < -0.39 is 0 Å². The predicted molar refractivity (Wildman–Crippen MR) is 84.6 cm³/mol. The number of nitrogens with one attached hydrogen (secondary N) is 1. The summed E-state index contributed by atoms with van der Waals surface area (Å²) in [5, 5.41) is 12.0. The molecule has 0 bridgehead atoms. The molecule has 0 atom stereocenters. The second-order valence-electron chi connectivity index (χ2n) is 4.09. The van der Waals surface area contributed by atoms with Gasteiger partial charge in [0.25, 0.3) is 5.91 Å². The van der Waals surface area contributed by atoms with E-state index in [4.69, 9.17) is 16.9 Å². The van der Waals surface area contributed by atoms with Gasteiger partial charge in [-0.2, -0.15) is 5.26 Å². The van der Waals surface area contributed by atoms with Crippen molar-refractivity contribution in [2.75, 3.05) is 11.1 Å². The average Bonchev–Trinajstić information content (AvgIpc) is 2.50. The third-order valence-corrected chi connectivity index (χ3v) is 3.91. The topological polar surface area (TPSA) is 65.8 Å². The highest BCUT2D eigenvalue weighted by Crippen LogP contribution is 2.30. The maximum Gasteiger partial charge on any atom is 0.255 e. The Hall–Kier alpha value is -2.03. The Morgan fingerprint density at radius 3 is 2.81 bits per heavy atom. The fourth-order valence-electron chi connectivity index (χ4n) is 1.63. The summed E-state index contributed by atoms with van der Waals surface area (Å²) < 4.78 is 0. The van der Waals surface area contributed by atoms with Gasteiger partial charge in [-0.1, -0.05) is 11.6 Å². The molecular formula is C15H12ClN3OS. The van der Waals surface area contributed by atoms with Crippen LogP contribution in [0.1, 0.15) is 16.8 Å². The molecule has 1 aromatic carbocycles. The average molecular weight is 318 g/mol. The zero-order valence-corrected chi connectivity index (χ0v) is 12.6. The van der Waals surface area contributed by atoms with Gasteiger partial charge in [0.05, 0.1) is 11.8 Å². The number of thioether (sulfide) groups is 1. The number of hydrogen-bond acceptors (Lipinski definition) is 4. The van der Waals surface area contributed by atoms with Crippen LogP contribution in [0.2, 0.25) is 5.02 Å². The van der Waals surface area contributed by atoms with Crippen LogP contribution in [0.4, 0.5) is 5.69 Å². The van der Waals surface area contributed by atoms with Crippen molar-refractivity contribution in [2.24, 2.45) is 0 Å². The Labute approximate surface area is 132 Å².